The number of halogens is 5. The van der Waals surface area contributed by atoms with Gasteiger partial charge in [-0.25, -0.2) is 4.99 Å². The lowest BCUT2D eigenvalue weighted by Crippen LogP contribution is -2.36. The lowest BCUT2D eigenvalue weighted by Gasteiger charge is -2.13. The maximum atomic E-state index is 12.6. The first-order valence-electron chi connectivity index (χ1n) is 8.32. The van der Waals surface area contributed by atoms with E-state index in [1.54, 1.807) is 0 Å². The van der Waals surface area contributed by atoms with E-state index in [4.69, 9.17) is 27.7 Å². The lowest BCUT2D eigenvalue weighted by atomic mass is 10.2. The summed E-state index contributed by atoms with van der Waals surface area (Å²) >= 11 is 11.9. The molecule has 0 radical (unpaired) electrons. The van der Waals surface area contributed by atoms with Crippen molar-refractivity contribution in [2.75, 3.05) is 6.54 Å². The number of aliphatic imine (C=N–C) groups is 1. The molecule has 2 aromatic rings. The van der Waals surface area contributed by atoms with Gasteiger partial charge in [0.05, 0.1) is 23.8 Å². The van der Waals surface area contributed by atoms with Crippen molar-refractivity contribution in [3.05, 3.63) is 45.3 Å². The molecule has 28 heavy (non-hydrogen) atoms. The lowest BCUT2D eigenvalue weighted by molar-refractivity contribution is -0.0503. The van der Waals surface area contributed by atoms with Crippen LogP contribution in [-0.2, 0) is 19.5 Å². The number of benzene rings is 1. The molecule has 0 aliphatic heterocycles. The van der Waals surface area contributed by atoms with E-state index in [2.05, 4.69) is 25.5 Å². The molecule has 2 rings (SSSR count). The van der Waals surface area contributed by atoms with Gasteiger partial charge in [-0.1, -0.05) is 35.3 Å². The number of aromatic nitrogens is 1. The van der Waals surface area contributed by atoms with Gasteiger partial charge in [-0.3, -0.25) is 0 Å². The summed E-state index contributed by atoms with van der Waals surface area (Å²) in [5.41, 5.74) is 1.20. The van der Waals surface area contributed by atoms with Crippen molar-refractivity contribution in [1.29, 1.82) is 0 Å². The Morgan fingerprint density at radius 1 is 1.25 bits per heavy atom. The minimum atomic E-state index is -3.00. The molecule has 1 aromatic carbocycles. The molecule has 0 fully saturated rings. The first kappa shape index (κ1) is 24.7. The molecule has 6 nitrogen and oxygen atoms in total. The molecule has 0 amide bonds. The zero-order chi connectivity index (χ0) is 19.8. The first-order valence-corrected chi connectivity index (χ1v) is 9.07. The van der Waals surface area contributed by atoms with Gasteiger partial charge in [0, 0.05) is 23.2 Å². The Morgan fingerprint density at radius 2 is 2.00 bits per heavy atom. The van der Waals surface area contributed by atoms with Gasteiger partial charge in [-0.15, -0.1) is 24.0 Å². The van der Waals surface area contributed by atoms with E-state index < -0.39 is 6.61 Å². The van der Waals surface area contributed by atoms with Crippen LogP contribution in [0.15, 0.2) is 27.7 Å². The van der Waals surface area contributed by atoms with E-state index in [9.17, 15) is 8.78 Å². The van der Waals surface area contributed by atoms with Gasteiger partial charge in [0.1, 0.15) is 5.75 Å². The van der Waals surface area contributed by atoms with Gasteiger partial charge in [0.25, 0.3) is 0 Å². The van der Waals surface area contributed by atoms with E-state index >= 15 is 0 Å². The minimum Gasteiger partial charge on any atom is -0.433 e. The van der Waals surface area contributed by atoms with Gasteiger partial charge in [-0.2, -0.15) is 8.78 Å². The van der Waals surface area contributed by atoms with Crippen LogP contribution in [0.5, 0.6) is 5.75 Å². The molecule has 0 spiro atoms. The molecule has 0 unspecified atom stereocenters. The molecule has 0 saturated carbocycles. The monoisotopic (exact) mass is 548 g/mol. The summed E-state index contributed by atoms with van der Waals surface area (Å²) in [4.78, 5) is 4.37. The number of nitrogens with zero attached hydrogens (tertiary/aromatic N) is 2. The Bertz CT molecular complexity index is 791. The maximum absolute atomic E-state index is 12.6. The van der Waals surface area contributed by atoms with Crippen LogP contribution in [0.2, 0.25) is 10.0 Å². The molecule has 2 N–H and O–H groups in total. The average molecular weight is 549 g/mol. The van der Waals surface area contributed by atoms with Crippen molar-refractivity contribution in [1.82, 2.24) is 15.8 Å². The van der Waals surface area contributed by atoms with Crippen LogP contribution in [-0.4, -0.2) is 24.3 Å². The van der Waals surface area contributed by atoms with Crippen LogP contribution in [0, 0.1) is 0 Å². The van der Waals surface area contributed by atoms with Crippen LogP contribution in [0.3, 0.4) is 0 Å². The minimum absolute atomic E-state index is 0. The van der Waals surface area contributed by atoms with Crippen LogP contribution in [0.1, 0.15) is 30.9 Å². The number of hydrogen-bond donors (Lipinski definition) is 2. The second-order valence-corrected chi connectivity index (χ2v) is 6.28. The number of guanidine groups is 1. The van der Waals surface area contributed by atoms with Gasteiger partial charge in [0.2, 0.25) is 0 Å². The van der Waals surface area contributed by atoms with Crippen LogP contribution in [0.4, 0.5) is 8.78 Å². The van der Waals surface area contributed by atoms with E-state index in [-0.39, 0.29) is 41.3 Å². The number of rotatable bonds is 8. The fraction of sp³-hybridized carbons (Fsp3) is 0.412. The summed E-state index contributed by atoms with van der Waals surface area (Å²) in [6, 6.07) is 4.68. The van der Waals surface area contributed by atoms with Gasteiger partial charge in [-0.05, 0) is 25.5 Å². The van der Waals surface area contributed by atoms with Crippen molar-refractivity contribution in [3.8, 4) is 5.75 Å². The van der Waals surface area contributed by atoms with Crippen molar-refractivity contribution < 1.29 is 18.0 Å². The number of aryl methyl sites for hydroxylation is 1. The van der Waals surface area contributed by atoms with E-state index in [1.807, 2.05) is 19.9 Å². The molecule has 11 heteroatoms. The summed E-state index contributed by atoms with van der Waals surface area (Å²) in [7, 11) is 0. The summed E-state index contributed by atoms with van der Waals surface area (Å²) in [5, 5.41) is 10.4. The Morgan fingerprint density at radius 3 is 2.61 bits per heavy atom. The molecule has 0 aliphatic carbocycles. The predicted octanol–water partition coefficient (Wildman–Crippen LogP) is 5.02. The third-order valence-corrected chi connectivity index (χ3v) is 3.94. The molecular formula is C17H21Cl2F2IN4O2. The molecular weight excluding hydrogens is 528 g/mol. The molecule has 1 aromatic heterocycles. The third-order valence-electron chi connectivity index (χ3n) is 3.44. The Kier molecular flexibility index (Phi) is 10.8. The summed E-state index contributed by atoms with van der Waals surface area (Å²) in [6.07, 6.45) is 0.778. The van der Waals surface area contributed by atoms with Crippen LogP contribution in [0.25, 0.3) is 0 Å². The second kappa shape index (κ2) is 12.3. The molecule has 0 bridgehead atoms. The fourth-order valence-corrected chi connectivity index (χ4v) is 2.81. The molecule has 0 atom stereocenters. The molecule has 156 valence electrons. The smallest absolute Gasteiger partial charge is 0.387 e. The standard InChI is InChI=1S/C17H20Cl2F2N4O2.HI/c1-3-12-7-13(27-25-12)9-24-17(22-4-2)23-8-10-5-11(18)6-14(19)15(10)26-16(20)21;/h5-7,16H,3-4,8-9H2,1-2H3,(H2,22,23,24);1H. The number of alkyl halides is 2. The molecule has 1 heterocycles. The summed E-state index contributed by atoms with van der Waals surface area (Å²) < 4.78 is 35.0. The van der Waals surface area contributed by atoms with Gasteiger partial charge >= 0.3 is 6.61 Å². The van der Waals surface area contributed by atoms with Crippen molar-refractivity contribution in [2.24, 2.45) is 4.99 Å². The largest absolute Gasteiger partial charge is 0.433 e. The van der Waals surface area contributed by atoms with E-state index in [1.165, 1.54) is 12.1 Å². The van der Waals surface area contributed by atoms with Crippen LogP contribution < -0.4 is 15.4 Å². The zero-order valence-corrected chi connectivity index (χ0v) is 19.1. The predicted molar refractivity (Wildman–Crippen MR) is 116 cm³/mol. The quantitative estimate of drug-likeness (QED) is 0.275. The zero-order valence-electron chi connectivity index (χ0n) is 15.3. The maximum Gasteiger partial charge on any atom is 0.387 e. The number of nitrogens with one attached hydrogen (secondary N) is 2. The third kappa shape index (κ3) is 7.59. The SMILES string of the molecule is CCNC(=NCc1cc(Cl)cc(Cl)c1OC(F)F)NCc1cc(CC)no1.I. The highest BCUT2D eigenvalue weighted by Gasteiger charge is 2.15. The Labute approximate surface area is 189 Å². The van der Waals surface area contributed by atoms with Crippen molar-refractivity contribution in [3.63, 3.8) is 0 Å². The van der Waals surface area contributed by atoms with Crippen molar-refractivity contribution >= 4 is 53.1 Å². The van der Waals surface area contributed by atoms with Crippen LogP contribution >= 0.6 is 47.2 Å². The molecule has 0 aliphatic rings. The topological polar surface area (TPSA) is 71.7 Å². The highest BCUT2D eigenvalue weighted by atomic mass is 127. The Hall–Kier alpha value is -1.33. The fourth-order valence-electron chi connectivity index (χ4n) is 2.23. The van der Waals surface area contributed by atoms with E-state index in [0.29, 0.717) is 35.4 Å². The average Bonchev–Trinajstić information content (AvgIpc) is 3.08. The summed E-state index contributed by atoms with van der Waals surface area (Å²) in [5.74, 6) is 0.981. The van der Waals surface area contributed by atoms with E-state index in [0.717, 1.165) is 12.1 Å². The van der Waals surface area contributed by atoms with Gasteiger partial charge in [0.15, 0.2) is 11.7 Å². The number of hydrogen-bond acceptors (Lipinski definition) is 4. The Balaban J connectivity index is 0.00000392. The molecule has 0 saturated heterocycles. The first-order chi connectivity index (χ1) is 12.9. The highest BCUT2D eigenvalue weighted by Crippen LogP contribution is 2.34. The number of ether oxygens (including phenoxy) is 1. The normalized spacial score (nSPS) is 11.3. The summed E-state index contributed by atoms with van der Waals surface area (Å²) in [6.45, 7) is 1.90. The highest BCUT2D eigenvalue weighted by molar-refractivity contribution is 14.0. The second-order valence-electron chi connectivity index (χ2n) is 5.44. The van der Waals surface area contributed by atoms with Gasteiger partial charge < -0.3 is 19.9 Å². The van der Waals surface area contributed by atoms with Crippen molar-refractivity contribution in [2.45, 2.75) is 40.0 Å².